The smallest absolute Gasteiger partial charge is 0.347 e. The van der Waals surface area contributed by atoms with Crippen LogP contribution in [0.25, 0.3) is 11.6 Å². The maximum atomic E-state index is 13.0. The fourth-order valence-corrected chi connectivity index (χ4v) is 5.59. The molecule has 282 valence electrons. The lowest BCUT2D eigenvalue weighted by Crippen LogP contribution is -2.35. The van der Waals surface area contributed by atoms with Crippen molar-refractivity contribution in [1.29, 1.82) is 0 Å². The van der Waals surface area contributed by atoms with E-state index in [0.29, 0.717) is 45.9 Å². The highest BCUT2D eigenvalue weighted by Gasteiger charge is 2.28. The molecule has 0 bridgehead atoms. The topological polar surface area (TPSA) is 182 Å². The van der Waals surface area contributed by atoms with Gasteiger partial charge >= 0.3 is 23.9 Å². The Morgan fingerprint density at radius 3 is 2.26 bits per heavy atom. The van der Waals surface area contributed by atoms with Crippen molar-refractivity contribution in [3.8, 4) is 5.75 Å². The van der Waals surface area contributed by atoms with Gasteiger partial charge in [-0.05, 0) is 76.2 Å². The highest BCUT2D eigenvalue weighted by atomic mass is 16.6. The van der Waals surface area contributed by atoms with E-state index < -0.39 is 42.5 Å². The molecule has 2 heterocycles. The van der Waals surface area contributed by atoms with E-state index in [1.165, 1.54) is 26.0 Å². The first-order chi connectivity index (χ1) is 25.3. The Morgan fingerprint density at radius 2 is 1.57 bits per heavy atom. The molecular formula is C39H46N4O10. The summed E-state index contributed by atoms with van der Waals surface area (Å²) in [6.45, 7) is 13.4. The second kappa shape index (κ2) is 18.6. The Balaban J connectivity index is 1.29. The number of carbonyl (C=O) groups is 6. The molecule has 0 unspecified atom stereocenters. The van der Waals surface area contributed by atoms with Crippen molar-refractivity contribution < 1.29 is 47.7 Å². The molecule has 1 aliphatic rings. The van der Waals surface area contributed by atoms with Gasteiger partial charge in [0.25, 0.3) is 11.8 Å². The number of rotatable bonds is 17. The van der Waals surface area contributed by atoms with E-state index in [9.17, 15) is 28.8 Å². The first-order valence-electron chi connectivity index (χ1n) is 17.5. The largest absolute Gasteiger partial charge is 0.458 e. The number of carbonyl (C=O) groups excluding carboxylic acids is 6. The molecule has 3 aromatic rings. The van der Waals surface area contributed by atoms with Crippen molar-refractivity contribution in [3.05, 3.63) is 82.2 Å². The maximum absolute atomic E-state index is 13.0. The molecule has 0 aliphatic carbocycles. The molecule has 2 amide bonds. The highest BCUT2D eigenvalue weighted by Crippen LogP contribution is 2.36. The summed E-state index contributed by atoms with van der Waals surface area (Å²) in [5, 5.41) is 5.76. The molecule has 2 atom stereocenters. The van der Waals surface area contributed by atoms with E-state index >= 15 is 0 Å². The summed E-state index contributed by atoms with van der Waals surface area (Å²) in [6.07, 6.45) is -1.68. The molecule has 1 aromatic heterocycles. The second-order valence-electron chi connectivity index (χ2n) is 12.4. The number of benzene rings is 2. The van der Waals surface area contributed by atoms with Crippen LogP contribution in [0.5, 0.6) is 5.75 Å². The Kier molecular flexibility index (Phi) is 14.1. The Labute approximate surface area is 308 Å². The van der Waals surface area contributed by atoms with E-state index in [2.05, 4.69) is 34.4 Å². The molecule has 4 rings (SSSR count). The van der Waals surface area contributed by atoms with Gasteiger partial charge < -0.3 is 39.5 Å². The molecule has 0 saturated heterocycles. The molecule has 14 nitrogen and oxygen atoms in total. The molecule has 0 radical (unpaired) electrons. The van der Waals surface area contributed by atoms with Crippen molar-refractivity contribution in [2.75, 3.05) is 31.5 Å². The van der Waals surface area contributed by atoms with E-state index in [-0.39, 0.29) is 30.6 Å². The van der Waals surface area contributed by atoms with Crippen molar-refractivity contribution in [2.24, 2.45) is 0 Å². The average Bonchev–Trinajstić information content (AvgIpc) is 3.60. The molecule has 14 heteroatoms. The van der Waals surface area contributed by atoms with Gasteiger partial charge in [0.1, 0.15) is 12.4 Å². The number of nitrogens with one attached hydrogen (secondary N) is 3. The molecule has 3 N–H and O–H groups in total. The number of hydrogen-bond acceptors (Lipinski definition) is 11. The lowest BCUT2D eigenvalue weighted by molar-refractivity contribution is -0.177. The summed E-state index contributed by atoms with van der Waals surface area (Å²) < 4.78 is 20.7. The number of fused-ring (bicyclic) bond motifs is 1. The quantitative estimate of drug-likeness (QED) is 0.0771. The molecule has 53 heavy (non-hydrogen) atoms. The third-order valence-electron chi connectivity index (χ3n) is 8.63. The van der Waals surface area contributed by atoms with Gasteiger partial charge in [0.05, 0.1) is 24.0 Å². The zero-order valence-electron chi connectivity index (χ0n) is 30.8. The summed E-state index contributed by atoms with van der Waals surface area (Å²) in [4.78, 5) is 81.1. The number of likely N-dealkylation sites (N-methyl/N-ethyl adjacent to an activating group) is 1. The molecule has 0 saturated carbocycles. The number of aromatic amines is 1. The fraction of sp³-hybridized carbons (Fsp3) is 0.385. The predicted molar refractivity (Wildman–Crippen MR) is 196 cm³/mol. The first kappa shape index (κ1) is 40.0. The van der Waals surface area contributed by atoms with Crippen molar-refractivity contribution in [1.82, 2.24) is 15.2 Å². The number of ether oxygens (including phenoxy) is 4. The number of hydrogen-bond donors (Lipinski definition) is 3. The number of anilines is 1. The summed E-state index contributed by atoms with van der Waals surface area (Å²) in [6, 6.07) is 13.6. The molecule has 2 aromatic carbocycles. The van der Waals surface area contributed by atoms with Gasteiger partial charge in [0.15, 0.2) is 12.2 Å². The molecule has 0 spiro atoms. The molecule has 0 fully saturated rings. The van der Waals surface area contributed by atoms with E-state index in [1.807, 2.05) is 6.07 Å². The van der Waals surface area contributed by atoms with Gasteiger partial charge in [-0.25, -0.2) is 9.59 Å². The van der Waals surface area contributed by atoms with Crippen LogP contribution in [0, 0.1) is 13.8 Å². The lowest BCUT2D eigenvalue weighted by atomic mass is 10.0. The number of nitrogens with zero attached hydrogens (tertiary/aromatic N) is 1. The monoisotopic (exact) mass is 730 g/mol. The third kappa shape index (κ3) is 10.9. The van der Waals surface area contributed by atoms with Crippen LogP contribution in [0.2, 0.25) is 0 Å². The SMILES string of the molecule is CCN(CC)CCNC(=O)c1c(C)[nH]c(/C=C2\C(=O)Nc3ccc(OC(=O)CCC(=O)O[C@@H](C)C(=O)O[C@H](C)C(=O)OCc4ccccc4)cc32)c1C. The maximum Gasteiger partial charge on any atom is 0.347 e. The summed E-state index contributed by atoms with van der Waals surface area (Å²) in [5.41, 5.74) is 4.52. The van der Waals surface area contributed by atoms with Crippen LogP contribution in [0.15, 0.2) is 48.5 Å². The van der Waals surface area contributed by atoms with Crippen LogP contribution in [-0.4, -0.2) is 84.0 Å². The van der Waals surface area contributed by atoms with Crippen LogP contribution >= 0.6 is 0 Å². The van der Waals surface area contributed by atoms with Crippen LogP contribution in [-0.2, 0) is 44.8 Å². The minimum Gasteiger partial charge on any atom is -0.458 e. The number of aryl methyl sites for hydroxylation is 1. The van der Waals surface area contributed by atoms with Gasteiger partial charge in [-0.15, -0.1) is 0 Å². The minimum atomic E-state index is -1.34. The van der Waals surface area contributed by atoms with Crippen molar-refractivity contribution in [2.45, 2.75) is 73.2 Å². The number of esters is 4. The zero-order valence-corrected chi connectivity index (χ0v) is 30.8. The molecular weight excluding hydrogens is 684 g/mol. The van der Waals surface area contributed by atoms with E-state index in [1.54, 1.807) is 50.3 Å². The average molecular weight is 731 g/mol. The zero-order chi connectivity index (χ0) is 38.7. The third-order valence-corrected chi connectivity index (χ3v) is 8.63. The van der Waals surface area contributed by atoms with Gasteiger partial charge in [-0.2, -0.15) is 0 Å². The van der Waals surface area contributed by atoms with E-state index in [0.717, 1.165) is 25.2 Å². The van der Waals surface area contributed by atoms with E-state index in [4.69, 9.17) is 18.9 Å². The normalized spacial score (nSPS) is 13.9. The van der Waals surface area contributed by atoms with Crippen LogP contribution in [0.1, 0.15) is 79.0 Å². The summed E-state index contributed by atoms with van der Waals surface area (Å²) >= 11 is 0. The van der Waals surface area contributed by atoms with Crippen LogP contribution in [0.3, 0.4) is 0 Å². The lowest BCUT2D eigenvalue weighted by Gasteiger charge is -2.18. The second-order valence-corrected chi connectivity index (χ2v) is 12.4. The number of amides is 2. The Bertz CT molecular complexity index is 1860. The minimum absolute atomic E-state index is 0.00736. The fourth-order valence-electron chi connectivity index (χ4n) is 5.59. The highest BCUT2D eigenvalue weighted by molar-refractivity contribution is 6.35. The first-order valence-corrected chi connectivity index (χ1v) is 17.5. The van der Waals surface area contributed by atoms with Crippen LogP contribution < -0.4 is 15.4 Å². The standard InChI is InChI=1S/C39H46N4O10/c1-7-43(8-2)19-18-40-37(47)35-23(3)32(41-24(35)4)21-30-29-20-28(14-15-31(29)42-36(30)46)53-34(45)17-16-33(44)51-26(6)39(49)52-25(5)38(48)50-22-27-12-10-9-11-13-27/h9-15,20-21,25-26,41H,7-8,16-19,22H2,1-6H3,(H,40,47)(H,42,46)/b30-21-/t25-,26+/m1/s1. The molecule has 1 aliphatic heterocycles. The van der Waals surface area contributed by atoms with Gasteiger partial charge in [0.2, 0.25) is 0 Å². The van der Waals surface area contributed by atoms with Gasteiger partial charge in [-0.3, -0.25) is 19.2 Å². The van der Waals surface area contributed by atoms with Gasteiger partial charge in [-0.1, -0.05) is 44.2 Å². The van der Waals surface area contributed by atoms with Gasteiger partial charge in [0, 0.05) is 35.7 Å². The Hall–Kier alpha value is -5.76. The number of H-pyrrole nitrogens is 1. The summed E-state index contributed by atoms with van der Waals surface area (Å²) in [7, 11) is 0. The predicted octanol–water partition coefficient (Wildman–Crippen LogP) is 4.49. The van der Waals surface area contributed by atoms with Crippen LogP contribution in [0.4, 0.5) is 5.69 Å². The Morgan fingerprint density at radius 1 is 0.887 bits per heavy atom. The summed E-state index contributed by atoms with van der Waals surface area (Å²) in [5.74, 6) is -3.75. The van der Waals surface area contributed by atoms with Crippen molar-refractivity contribution in [3.63, 3.8) is 0 Å². The number of aromatic nitrogens is 1. The van der Waals surface area contributed by atoms with Crippen molar-refractivity contribution >= 4 is 53.0 Å².